The summed E-state index contributed by atoms with van der Waals surface area (Å²) in [6.45, 7) is 2.05. The molecule has 3 aliphatic rings. The molecule has 2 amide bonds. The molecule has 1 N–H and O–H groups in total. The maximum Gasteiger partial charge on any atom is 0.320 e. The van der Waals surface area contributed by atoms with Gasteiger partial charge in [0.1, 0.15) is 17.5 Å². The fraction of sp³-hybridized carbons (Fsp3) is 0.516. The Labute approximate surface area is 237 Å². The number of halogens is 3. The van der Waals surface area contributed by atoms with Gasteiger partial charge >= 0.3 is 6.03 Å². The molecular weight excluding hydrogens is 531 g/mol. The van der Waals surface area contributed by atoms with Crippen LogP contribution in [0.15, 0.2) is 47.5 Å². The molecule has 3 fully saturated rings. The van der Waals surface area contributed by atoms with Crippen LogP contribution in [0, 0.1) is 28.8 Å². The average molecular weight is 568 g/mol. The Hall–Kier alpha value is -3.40. The first-order valence-corrected chi connectivity index (χ1v) is 14.6. The van der Waals surface area contributed by atoms with Crippen molar-refractivity contribution in [3.05, 3.63) is 76.1 Å². The number of amides is 2. The summed E-state index contributed by atoms with van der Waals surface area (Å²) in [7, 11) is 1.86. The molecule has 1 spiro atoms. The monoisotopic (exact) mass is 567 g/mol. The maximum atomic E-state index is 14.9. The van der Waals surface area contributed by atoms with E-state index in [0.717, 1.165) is 44.6 Å². The highest BCUT2D eigenvalue weighted by Crippen LogP contribution is 2.49. The van der Waals surface area contributed by atoms with Crippen molar-refractivity contribution in [3.63, 3.8) is 0 Å². The summed E-state index contributed by atoms with van der Waals surface area (Å²) in [4.78, 5) is 35.4. The standard InChI is InChI=1S/C31H36F3N5O2/c1-35-23-9-13-39(28(16-23)24-6-4-22(33)15-26(24)34)30(41)37-12-8-20(31(18-37)10-2-3-11-31)17-38-19-36-27-7-5-21(32)14-25(27)29(38)40/h4-7,14-15,19-20,23,28,35H,2-3,8-13,16-18H2,1H3/t20-,23+,28-/m0/s1. The summed E-state index contributed by atoms with van der Waals surface area (Å²) in [6.07, 6.45) is 7.62. The first-order chi connectivity index (χ1) is 19.8. The van der Waals surface area contributed by atoms with Gasteiger partial charge in [0, 0.05) is 43.9 Å². The zero-order chi connectivity index (χ0) is 28.7. The molecule has 7 nitrogen and oxygen atoms in total. The molecule has 2 aliphatic heterocycles. The van der Waals surface area contributed by atoms with Gasteiger partial charge in [-0.15, -0.1) is 0 Å². The third kappa shape index (κ3) is 5.22. The average Bonchev–Trinajstić information content (AvgIpc) is 3.43. The Morgan fingerprint density at radius 2 is 1.80 bits per heavy atom. The molecule has 1 saturated carbocycles. The van der Waals surface area contributed by atoms with Crippen LogP contribution in [0.25, 0.3) is 10.9 Å². The van der Waals surface area contributed by atoms with Crippen LogP contribution >= 0.6 is 0 Å². The van der Waals surface area contributed by atoms with Crippen molar-refractivity contribution in [2.45, 2.75) is 63.6 Å². The summed E-state index contributed by atoms with van der Waals surface area (Å²) < 4.78 is 44.1. The first-order valence-electron chi connectivity index (χ1n) is 14.6. The predicted octanol–water partition coefficient (Wildman–Crippen LogP) is 5.24. The number of rotatable bonds is 4. The molecule has 0 radical (unpaired) electrons. The molecular formula is C31H36F3N5O2. The van der Waals surface area contributed by atoms with E-state index in [9.17, 15) is 22.8 Å². The molecule has 3 atom stereocenters. The summed E-state index contributed by atoms with van der Waals surface area (Å²) in [5.74, 6) is -1.57. The van der Waals surface area contributed by atoms with Gasteiger partial charge in [-0.3, -0.25) is 9.36 Å². The van der Waals surface area contributed by atoms with Crippen LogP contribution in [0.2, 0.25) is 0 Å². The Kier molecular flexibility index (Phi) is 7.52. The number of piperidine rings is 2. The summed E-state index contributed by atoms with van der Waals surface area (Å²) in [5.41, 5.74) is 0.421. The second kappa shape index (κ2) is 11.1. The van der Waals surface area contributed by atoms with Crippen LogP contribution in [-0.4, -0.2) is 58.1 Å². The first kappa shape index (κ1) is 27.8. The van der Waals surface area contributed by atoms with Crippen molar-refractivity contribution in [1.29, 1.82) is 0 Å². The van der Waals surface area contributed by atoms with E-state index in [1.165, 1.54) is 30.3 Å². The smallest absolute Gasteiger partial charge is 0.320 e. The Morgan fingerprint density at radius 3 is 2.56 bits per heavy atom. The lowest BCUT2D eigenvalue weighted by Gasteiger charge is -2.49. The molecule has 10 heteroatoms. The number of nitrogens with one attached hydrogen (secondary N) is 1. The van der Waals surface area contributed by atoms with E-state index in [4.69, 9.17) is 0 Å². The van der Waals surface area contributed by atoms with Gasteiger partial charge in [0.15, 0.2) is 0 Å². The molecule has 1 aliphatic carbocycles. The van der Waals surface area contributed by atoms with Crippen LogP contribution in [-0.2, 0) is 6.54 Å². The Balaban J connectivity index is 1.24. The lowest BCUT2D eigenvalue weighted by molar-refractivity contribution is 0.0206. The Morgan fingerprint density at radius 1 is 1.05 bits per heavy atom. The van der Waals surface area contributed by atoms with Crippen LogP contribution in [0.4, 0.5) is 18.0 Å². The van der Waals surface area contributed by atoms with Crippen LogP contribution in [0.1, 0.15) is 56.6 Å². The molecule has 6 rings (SSSR count). The molecule has 2 aromatic carbocycles. The van der Waals surface area contributed by atoms with E-state index in [-0.39, 0.29) is 34.4 Å². The summed E-state index contributed by atoms with van der Waals surface area (Å²) in [6, 6.07) is 7.18. The third-order valence-corrected chi connectivity index (χ3v) is 9.77. The lowest BCUT2D eigenvalue weighted by Crippen LogP contribution is -2.57. The van der Waals surface area contributed by atoms with E-state index in [2.05, 4.69) is 10.3 Å². The molecule has 41 heavy (non-hydrogen) atoms. The van der Waals surface area contributed by atoms with Gasteiger partial charge in [-0.05, 0) is 74.8 Å². The number of hydrogen-bond donors (Lipinski definition) is 1. The van der Waals surface area contributed by atoms with Gasteiger partial charge < -0.3 is 15.1 Å². The molecule has 0 bridgehead atoms. The highest BCUT2D eigenvalue weighted by Gasteiger charge is 2.48. The zero-order valence-electron chi connectivity index (χ0n) is 23.3. The molecule has 3 heterocycles. The normalized spacial score (nSPS) is 24.3. The number of likely N-dealkylation sites (tertiary alicyclic amines) is 2. The number of fused-ring (bicyclic) bond motifs is 1. The van der Waals surface area contributed by atoms with Gasteiger partial charge in [0.25, 0.3) is 5.56 Å². The number of hydrogen-bond acceptors (Lipinski definition) is 4. The Bertz CT molecular complexity index is 1500. The number of carbonyl (C=O) groups excluding carboxylic acids is 1. The molecule has 0 unspecified atom stereocenters. The van der Waals surface area contributed by atoms with Gasteiger partial charge in [-0.2, -0.15) is 0 Å². The van der Waals surface area contributed by atoms with Crippen LogP contribution < -0.4 is 10.9 Å². The van der Waals surface area contributed by atoms with Crippen molar-refractivity contribution in [2.75, 3.05) is 26.7 Å². The SMILES string of the molecule is CN[C@@H]1CCN(C(=O)N2CC[C@@H](Cn3cnc4ccc(F)cc4c3=O)C3(CCCC3)C2)[C@H](c2ccc(F)cc2F)C1. The van der Waals surface area contributed by atoms with E-state index in [1.54, 1.807) is 15.8 Å². The van der Waals surface area contributed by atoms with Crippen molar-refractivity contribution in [1.82, 2.24) is 24.7 Å². The minimum absolute atomic E-state index is 0.113. The van der Waals surface area contributed by atoms with Crippen molar-refractivity contribution >= 4 is 16.9 Å². The third-order valence-electron chi connectivity index (χ3n) is 9.77. The zero-order valence-corrected chi connectivity index (χ0v) is 23.3. The highest BCUT2D eigenvalue weighted by atomic mass is 19.1. The fourth-order valence-corrected chi connectivity index (χ4v) is 7.50. The molecule has 3 aromatic rings. The topological polar surface area (TPSA) is 70.5 Å². The molecule has 2 saturated heterocycles. The van der Waals surface area contributed by atoms with E-state index in [0.29, 0.717) is 43.7 Å². The van der Waals surface area contributed by atoms with E-state index < -0.39 is 23.5 Å². The number of urea groups is 1. The second-order valence-electron chi connectivity index (χ2n) is 12.0. The predicted molar refractivity (Wildman–Crippen MR) is 150 cm³/mol. The fourth-order valence-electron chi connectivity index (χ4n) is 7.50. The van der Waals surface area contributed by atoms with Crippen LogP contribution in [0.3, 0.4) is 0 Å². The number of aromatic nitrogens is 2. The van der Waals surface area contributed by atoms with Crippen molar-refractivity contribution in [2.24, 2.45) is 11.3 Å². The lowest BCUT2D eigenvalue weighted by atomic mass is 9.69. The summed E-state index contributed by atoms with van der Waals surface area (Å²) >= 11 is 0. The minimum Gasteiger partial charge on any atom is -0.324 e. The van der Waals surface area contributed by atoms with Crippen LogP contribution in [0.5, 0.6) is 0 Å². The van der Waals surface area contributed by atoms with Gasteiger partial charge in [-0.1, -0.05) is 18.9 Å². The number of nitrogens with zero attached hydrogens (tertiary/aromatic N) is 4. The molecule has 218 valence electrons. The van der Waals surface area contributed by atoms with Crippen molar-refractivity contribution < 1.29 is 18.0 Å². The minimum atomic E-state index is -0.638. The van der Waals surface area contributed by atoms with E-state index >= 15 is 0 Å². The second-order valence-corrected chi connectivity index (χ2v) is 12.0. The largest absolute Gasteiger partial charge is 0.324 e. The van der Waals surface area contributed by atoms with Gasteiger partial charge in [0.2, 0.25) is 0 Å². The quantitative estimate of drug-likeness (QED) is 0.468. The molecule has 1 aromatic heterocycles. The number of benzene rings is 2. The summed E-state index contributed by atoms with van der Waals surface area (Å²) in [5, 5.41) is 3.53. The van der Waals surface area contributed by atoms with E-state index in [1.807, 2.05) is 11.9 Å². The maximum absolute atomic E-state index is 14.9. The van der Waals surface area contributed by atoms with Gasteiger partial charge in [-0.25, -0.2) is 22.9 Å². The highest BCUT2D eigenvalue weighted by molar-refractivity contribution is 5.77. The number of carbonyl (C=O) groups is 1. The van der Waals surface area contributed by atoms with Gasteiger partial charge in [0.05, 0.1) is 23.3 Å². The van der Waals surface area contributed by atoms with Crippen molar-refractivity contribution in [3.8, 4) is 0 Å².